The molecule has 0 bridgehead atoms. The van der Waals surface area contributed by atoms with E-state index in [-0.39, 0.29) is 29.8 Å². The van der Waals surface area contributed by atoms with E-state index >= 15 is 0 Å². The lowest BCUT2D eigenvalue weighted by Gasteiger charge is -2.49. The second-order valence-corrected chi connectivity index (χ2v) is 7.50. The van der Waals surface area contributed by atoms with Crippen LogP contribution in [0.5, 0.6) is 0 Å². The Morgan fingerprint density at radius 2 is 2.07 bits per heavy atom. The van der Waals surface area contributed by atoms with Gasteiger partial charge in [0.1, 0.15) is 12.3 Å². The summed E-state index contributed by atoms with van der Waals surface area (Å²) in [7, 11) is 1.50. The fourth-order valence-electron chi connectivity index (χ4n) is 4.27. The van der Waals surface area contributed by atoms with Gasteiger partial charge in [-0.25, -0.2) is 0 Å². The zero-order valence-electron chi connectivity index (χ0n) is 16.3. The Labute approximate surface area is 162 Å². The third-order valence-corrected chi connectivity index (χ3v) is 5.64. The van der Waals surface area contributed by atoms with E-state index in [9.17, 15) is 9.59 Å². The Balaban J connectivity index is 1.54. The second kappa shape index (κ2) is 7.01. The lowest BCUT2D eigenvalue weighted by Crippen LogP contribution is -2.62. The molecule has 150 valence electrons. The zero-order valence-corrected chi connectivity index (χ0v) is 16.3. The van der Waals surface area contributed by atoms with Crippen molar-refractivity contribution in [2.24, 2.45) is 5.41 Å². The number of ether oxygens (including phenoxy) is 1. The van der Waals surface area contributed by atoms with Crippen molar-refractivity contribution in [3.05, 3.63) is 29.7 Å². The number of likely N-dealkylation sites (tertiary alicyclic amines) is 2. The van der Waals surface area contributed by atoms with E-state index in [0.717, 1.165) is 0 Å². The van der Waals surface area contributed by atoms with Gasteiger partial charge >= 0.3 is 0 Å². The predicted octanol–water partition coefficient (Wildman–Crippen LogP) is 0.309. The molecule has 2 aliphatic rings. The van der Waals surface area contributed by atoms with Crippen LogP contribution in [0.25, 0.3) is 0 Å². The van der Waals surface area contributed by atoms with E-state index < -0.39 is 0 Å². The standard InChI is InChI=1S/C18H24N6O4/c1-4-24-14(5-6-19-24)17(26)23-10-18(11-23)9-22(15(25)8-27-3)7-13(18)16-20-12(2)21-28-16/h5-6,13H,4,7-11H2,1-3H3. The highest BCUT2D eigenvalue weighted by atomic mass is 16.5. The highest BCUT2D eigenvalue weighted by molar-refractivity contribution is 5.93. The van der Waals surface area contributed by atoms with Crippen molar-refractivity contribution in [2.75, 3.05) is 39.9 Å². The first kappa shape index (κ1) is 18.6. The Morgan fingerprint density at radius 3 is 2.71 bits per heavy atom. The van der Waals surface area contributed by atoms with Gasteiger partial charge in [-0.2, -0.15) is 10.1 Å². The molecular formula is C18H24N6O4. The molecule has 10 nitrogen and oxygen atoms in total. The van der Waals surface area contributed by atoms with Crippen LogP contribution in [0.4, 0.5) is 0 Å². The first-order valence-electron chi connectivity index (χ1n) is 9.35. The quantitative estimate of drug-likeness (QED) is 0.725. The van der Waals surface area contributed by atoms with Crippen LogP contribution in [0.1, 0.15) is 35.0 Å². The van der Waals surface area contributed by atoms with Crippen LogP contribution in [0.2, 0.25) is 0 Å². The Bertz CT molecular complexity index is 884. The lowest BCUT2D eigenvalue weighted by atomic mass is 9.71. The molecule has 0 radical (unpaired) electrons. The van der Waals surface area contributed by atoms with E-state index in [0.29, 0.717) is 50.1 Å². The van der Waals surface area contributed by atoms with Crippen molar-refractivity contribution in [3.8, 4) is 0 Å². The fourth-order valence-corrected chi connectivity index (χ4v) is 4.27. The minimum atomic E-state index is -0.283. The SMILES string of the molecule is CCn1nccc1C(=O)N1CC2(CN(C(=O)COC)CC2c2nc(C)no2)C1. The number of amides is 2. The summed E-state index contributed by atoms with van der Waals surface area (Å²) in [6, 6.07) is 1.73. The van der Waals surface area contributed by atoms with Crippen molar-refractivity contribution >= 4 is 11.8 Å². The van der Waals surface area contributed by atoms with Crippen LogP contribution < -0.4 is 0 Å². The van der Waals surface area contributed by atoms with Gasteiger partial charge in [0.2, 0.25) is 11.8 Å². The monoisotopic (exact) mass is 388 g/mol. The minimum Gasteiger partial charge on any atom is -0.375 e. The van der Waals surface area contributed by atoms with Gasteiger partial charge in [-0.05, 0) is 19.9 Å². The molecule has 0 saturated carbocycles. The van der Waals surface area contributed by atoms with Crippen molar-refractivity contribution in [2.45, 2.75) is 26.3 Å². The number of rotatable bonds is 5. The maximum Gasteiger partial charge on any atom is 0.272 e. The van der Waals surface area contributed by atoms with Gasteiger partial charge < -0.3 is 19.1 Å². The number of nitrogens with zero attached hydrogens (tertiary/aromatic N) is 6. The first-order chi connectivity index (χ1) is 13.5. The van der Waals surface area contributed by atoms with Crippen molar-refractivity contribution in [1.82, 2.24) is 29.7 Å². The molecule has 2 aromatic rings. The summed E-state index contributed by atoms with van der Waals surface area (Å²) < 4.78 is 12.1. The van der Waals surface area contributed by atoms with E-state index in [1.54, 1.807) is 33.7 Å². The summed E-state index contributed by atoms with van der Waals surface area (Å²) in [5.41, 5.74) is 0.294. The normalized spacial score (nSPS) is 20.6. The van der Waals surface area contributed by atoms with Crippen molar-refractivity contribution in [1.29, 1.82) is 0 Å². The molecule has 28 heavy (non-hydrogen) atoms. The Kier molecular flexibility index (Phi) is 4.66. The van der Waals surface area contributed by atoms with E-state index in [4.69, 9.17) is 9.26 Å². The van der Waals surface area contributed by atoms with Crippen LogP contribution >= 0.6 is 0 Å². The molecule has 0 aliphatic carbocycles. The van der Waals surface area contributed by atoms with Crippen molar-refractivity contribution < 1.29 is 18.8 Å². The summed E-state index contributed by atoms with van der Waals surface area (Å²) in [6.45, 7) is 6.47. The topological polar surface area (TPSA) is 107 Å². The van der Waals surface area contributed by atoms with Gasteiger partial charge in [0.15, 0.2) is 5.82 Å². The Morgan fingerprint density at radius 1 is 1.32 bits per heavy atom. The van der Waals surface area contributed by atoms with E-state index in [1.807, 2.05) is 6.92 Å². The average Bonchev–Trinajstić information content (AvgIpc) is 3.37. The third-order valence-electron chi connectivity index (χ3n) is 5.64. The third kappa shape index (κ3) is 2.97. The zero-order chi connectivity index (χ0) is 19.9. The molecule has 4 rings (SSSR count). The van der Waals surface area contributed by atoms with Gasteiger partial charge in [0.25, 0.3) is 5.91 Å². The minimum absolute atomic E-state index is 0.0317. The number of aryl methyl sites for hydroxylation is 2. The van der Waals surface area contributed by atoms with Gasteiger partial charge in [0, 0.05) is 51.4 Å². The smallest absolute Gasteiger partial charge is 0.272 e. The highest BCUT2D eigenvalue weighted by Crippen LogP contribution is 2.49. The number of carbonyl (C=O) groups excluding carboxylic acids is 2. The molecule has 2 fully saturated rings. The van der Waals surface area contributed by atoms with Crippen LogP contribution in [-0.2, 0) is 16.1 Å². The molecule has 0 aromatic carbocycles. The molecule has 4 heterocycles. The summed E-state index contributed by atoms with van der Waals surface area (Å²) >= 11 is 0. The molecule has 1 spiro atoms. The molecule has 1 unspecified atom stereocenters. The summed E-state index contributed by atoms with van der Waals surface area (Å²) in [5.74, 6) is 0.859. The molecular weight excluding hydrogens is 364 g/mol. The number of hydrogen-bond acceptors (Lipinski definition) is 7. The van der Waals surface area contributed by atoms with Crippen LogP contribution in [-0.4, -0.2) is 81.4 Å². The maximum absolute atomic E-state index is 12.9. The van der Waals surface area contributed by atoms with Gasteiger partial charge in [-0.3, -0.25) is 14.3 Å². The lowest BCUT2D eigenvalue weighted by molar-refractivity contribution is -0.134. The molecule has 1 atom stereocenters. The van der Waals surface area contributed by atoms with E-state index in [2.05, 4.69) is 15.2 Å². The average molecular weight is 388 g/mol. The van der Waals surface area contributed by atoms with Crippen LogP contribution in [0.15, 0.2) is 16.8 Å². The van der Waals surface area contributed by atoms with Crippen LogP contribution in [0, 0.1) is 12.3 Å². The fraction of sp³-hybridized carbons (Fsp3) is 0.611. The largest absolute Gasteiger partial charge is 0.375 e. The molecule has 2 aromatic heterocycles. The molecule has 0 N–H and O–H groups in total. The maximum atomic E-state index is 12.9. The number of carbonyl (C=O) groups is 2. The van der Waals surface area contributed by atoms with E-state index in [1.165, 1.54) is 7.11 Å². The van der Waals surface area contributed by atoms with Gasteiger partial charge in [0.05, 0.1) is 5.92 Å². The first-order valence-corrected chi connectivity index (χ1v) is 9.35. The highest BCUT2D eigenvalue weighted by Gasteiger charge is 2.58. The van der Waals surface area contributed by atoms with Gasteiger partial charge in [-0.1, -0.05) is 5.16 Å². The molecule has 2 aliphatic heterocycles. The molecule has 2 amide bonds. The molecule has 10 heteroatoms. The number of methoxy groups -OCH3 is 1. The summed E-state index contributed by atoms with van der Waals surface area (Å²) in [6.07, 6.45) is 1.64. The summed E-state index contributed by atoms with van der Waals surface area (Å²) in [4.78, 5) is 33.2. The van der Waals surface area contributed by atoms with Gasteiger partial charge in [-0.15, -0.1) is 0 Å². The second-order valence-electron chi connectivity index (χ2n) is 7.50. The number of hydrogen-bond donors (Lipinski definition) is 0. The predicted molar refractivity (Wildman–Crippen MR) is 96.5 cm³/mol. The molecule has 2 saturated heterocycles. The number of aromatic nitrogens is 4. The van der Waals surface area contributed by atoms with Crippen LogP contribution in [0.3, 0.4) is 0 Å². The van der Waals surface area contributed by atoms with Crippen molar-refractivity contribution in [3.63, 3.8) is 0 Å². The summed E-state index contributed by atoms with van der Waals surface area (Å²) in [5, 5.41) is 8.08. The Hall–Kier alpha value is -2.75.